The number of guanidine groups is 1. The van der Waals surface area contributed by atoms with E-state index in [1.165, 1.54) is 24.8 Å². The third kappa shape index (κ3) is 6.52. The lowest BCUT2D eigenvalue weighted by Crippen LogP contribution is -2.32. The number of hydrogen-bond donors (Lipinski definition) is 2. The Balaban J connectivity index is 2.40. The molecule has 0 amide bonds. The fourth-order valence-corrected chi connectivity index (χ4v) is 2.23. The summed E-state index contributed by atoms with van der Waals surface area (Å²) in [5.41, 5.74) is 7.06. The number of nitrogens with two attached hydrogens (primary N) is 1. The number of nitrogens with one attached hydrogen (secondary N) is 1. The van der Waals surface area contributed by atoms with Crippen molar-refractivity contribution in [3.8, 4) is 5.75 Å². The molecule has 0 fully saturated rings. The molecule has 1 unspecified atom stereocenters. The van der Waals surface area contributed by atoms with Crippen molar-refractivity contribution in [1.29, 1.82) is 0 Å². The summed E-state index contributed by atoms with van der Waals surface area (Å²) in [7, 11) is 1.70. The number of ether oxygens (including phenoxy) is 1. The molecular weight excluding hydrogens is 262 g/mol. The summed E-state index contributed by atoms with van der Waals surface area (Å²) in [5.74, 6) is 1.72. The first kappa shape index (κ1) is 17.3. The number of unbranched alkanes of at least 4 members (excludes halogenated alkanes) is 3. The molecule has 0 bridgehead atoms. The van der Waals surface area contributed by atoms with Gasteiger partial charge in [0, 0.05) is 19.0 Å². The first-order valence-corrected chi connectivity index (χ1v) is 7.85. The van der Waals surface area contributed by atoms with E-state index in [9.17, 15) is 0 Å². The second-order valence-corrected chi connectivity index (χ2v) is 5.36. The number of aliphatic imine (C=N–C) groups is 1. The highest BCUT2D eigenvalue weighted by Gasteiger charge is 2.10. The van der Waals surface area contributed by atoms with Crippen LogP contribution in [0.2, 0.25) is 0 Å². The van der Waals surface area contributed by atoms with Gasteiger partial charge in [-0.1, -0.05) is 51.3 Å². The van der Waals surface area contributed by atoms with Crippen molar-refractivity contribution >= 4 is 5.96 Å². The molecule has 1 atom stereocenters. The lowest BCUT2D eigenvalue weighted by molar-refractivity contribution is 0.407. The Morgan fingerprint density at radius 2 is 2.05 bits per heavy atom. The van der Waals surface area contributed by atoms with Gasteiger partial charge in [-0.2, -0.15) is 0 Å². The first-order valence-electron chi connectivity index (χ1n) is 7.85. The van der Waals surface area contributed by atoms with Crippen molar-refractivity contribution in [3.63, 3.8) is 0 Å². The summed E-state index contributed by atoms with van der Waals surface area (Å²) in [5, 5.41) is 3.17. The van der Waals surface area contributed by atoms with E-state index in [0.717, 1.165) is 18.7 Å². The van der Waals surface area contributed by atoms with E-state index in [0.29, 0.717) is 12.5 Å². The maximum Gasteiger partial charge on any atom is 0.188 e. The molecular formula is C17H29N3O. The Morgan fingerprint density at radius 1 is 1.29 bits per heavy atom. The maximum absolute atomic E-state index is 5.89. The molecule has 4 heteroatoms. The van der Waals surface area contributed by atoms with Crippen LogP contribution in [-0.2, 0) is 0 Å². The van der Waals surface area contributed by atoms with Crippen molar-refractivity contribution in [2.45, 2.75) is 45.4 Å². The number of benzene rings is 1. The quantitative estimate of drug-likeness (QED) is 0.417. The lowest BCUT2D eigenvalue weighted by Gasteiger charge is -2.14. The minimum atomic E-state index is 0.279. The van der Waals surface area contributed by atoms with Gasteiger partial charge >= 0.3 is 0 Å². The van der Waals surface area contributed by atoms with Gasteiger partial charge in [0.05, 0.1) is 7.11 Å². The molecule has 0 heterocycles. The molecule has 1 rings (SSSR count). The Labute approximate surface area is 128 Å². The Hall–Kier alpha value is -1.71. The van der Waals surface area contributed by atoms with Crippen LogP contribution in [0.1, 0.15) is 51.0 Å². The van der Waals surface area contributed by atoms with E-state index in [1.54, 1.807) is 7.11 Å². The van der Waals surface area contributed by atoms with Crippen molar-refractivity contribution in [3.05, 3.63) is 29.8 Å². The van der Waals surface area contributed by atoms with Crippen LogP contribution in [0.25, 0.3) is 0 Å². The number of methoxy groups -OCH3 is 1. The van der Waals surface area contributed by atoms with E-state index in [2.05, 4.69) is 30.2 Å². The van der Waals surface area contributed by atoms with Crippen molar-refractivity contribution in [2.24, 2.45) is 10.7 Å². The fraction of sp³-hybridized carbons (Fsp3) is 0.588. The topological polar surface area (TPSA) is 59.6 Å². The molecule has 0 aromatic heterocycles. The molecule has 0 saturated carbocycles. The van der Waals surface area contributed by atoms with Gasteiger partial charge in [-0.05, 0) is 18.1 Å². The van der Waals surface area contributed by atoms with Crippen LogP contribution in [0.5, 0.6) is 5.75 Å². The van der Waals surface area contributed by atoms with Gasteiger partial charge in [0.25, 0.3) is 0 Å². The smallest absolute Gasteiger partial charge is 0.188 e. The summed E-state index contributed by atoms with van der Waals surface area (Å²) in [6.07, 6.45) is 4.92. The average Bonchev–Trinajstić information content (AvgIpc) is 2.52. The molecule has 4 nitrogen and oxygen atoms in total. The van der Waals surface area contributed by atoms with Crippen LogP contribution < -0.4 is 15.8 Å². The number of hydrogen-bond acceptors (Lipinski definition) is 2. The molecule has 0 aliphatic carbocycles. The normalized spacial score (nSPS) is 13.0. The lowest BCUT2D eigenvalue weighted by atomic mass is 10.0. The van der Waals surface area contributed by atoms with Crippen LogP contribution in [0, 0.1) is 0 Å². The fourth-order valence-electron chi connectivity index (χ4n) is 2.23. The number of nitrogens with zero attached hydrogens (tertiary/aromatic N) is 1. The standard InChI is InChI=1S/C17H29N3O/c1-4-5-6-9-12-19-17(18)20-13-14(2)15-10-7-8-11-16(15)21-3/h7-8,10-11,14H,4-6,9,12-13H2,1-3H3,(H3,18,19,20). The maximum atomic E-state index is 5.89. The monoisotopic (exact) mass is 291 g/mol. The van der Waals surface area contributed by atoms with Gasteiger partial charge in [-0.25, -0.2) is 0 Å². The van der Waals surface area contributed by atoms with E-state index < -0.39 is 0 Å². The summed E-state index contributed by atoms with van der Waals surface area (Å²) in [6.45, 7) is 5.91. The molecule has 0 radical (unpaired) electrons. The molecule has 0 aliphatic rings. The largest absolute Gasteiger partial charge is 0.496 e. The predicted octanol–water partition coefficient (Wildman–Crippen LogP) is 3.28. The summed E-state index contributed by atoms with van der Waals surface area (Å²) < 4.78 is 5.38. The highest BCUT2D eigenvalue weighted by Crippen LogP contribution is 2.26. The summed E-state index contributed by atoms with van der Waals surface area (Å²) >= 11 is 0. The molecule has 118 valence electrons. The van der Waals surface area contributed by atoms with Gasteiger partial charge in [0.15, 0.2) is 5.96 Å². The van der Waals surface area contributed by atoms with Gasteiger partial charge in [0.1, 0.15) is 5.75 Å². The number of rotatable bonds is 9. The Morgan fingerprint density at radius 3 is 2.76 bits per heavy atom. The van der Waals surface area contributed by atoms with Gasteiger partial charge in [-0.15, -0.1) is 0 Å². The molecule has 0 saturated heterocycles. The predicted molar refractivity (Wildman–Crippen MR) is 90.0 cm³/mol. The van der Waals surface area contributed by atoms with Gasteiger partial charge in [-0.3, -0.25) is 4.99 Å². The summed E-state index contributed by atoms with van der Waals surface area (Å²) in [4.78, 5) is 4.42. The minimum absolute atomic E-state index is 0.279. The van der Waals surface area contributed by atoms with Crippen LogP contribution in [0.4, 0.5) is 0 Å². The van der Waals surface area contributed by atoms with Crippen LogP contribution >= 0.6 is 0 Å². The SMILES string of the molecule is CCCCCCNC(N)=NCC(C)c1ccccc1OC. The third-order valence-electron chi connectivity index (χ3n) is 3.54. The van der Waals surface area contributed by atoms with E-state index in [-0.39, 0.29) is 5.92 Å². The van der Waals surface area contributed by atoms with Crippen LogP contribution in [0.3, 0.4) is 0 Å². The Kier molecular flexibility index (Phi) is 8.32. The van der Waals surface area contributed by atoms with Crippen LogP contribution in [0.15, 0.2) is 29.3 Å². The van der Waals surface area contributed by atoms with E-state index in [1.807, 2.05) is 18.2 Å². The van der Waals surface area contributed by atoms with Gasteiger partial charge < -0.3 is 15.8 Å². The second kappa shape index (κ2) is 10.1. The zero-order valence-corrected chi connectivity index (χ0v) is 13.6. The molecule has 1 aromatic rings. The molecule has 0 spiro atoms. The zero-order chi connectivity index (χ0) is 15.5. The van der Waals surface area contributed by atoms with E-state index >= 15 is 0 Å². The molecule has 3 N–H and O–H groups in total. The first-order chi connectivity index (χ1) is 10.2. The number of para-hydroxylation sites is 1. The molecule has 1 aromatic carbocycles. The molecule has 21 heavy (non-hydrogen) atoms. The third-order valence-corrected chi connectivity index (χ3v) is 3.54. The minimum Gasteiger partial charge on any atom is -0.496 e. The van der Waals surface area contributed by atoms with Crippen molar-refractivity contribution in [2.75, 3.05) is 20.2 Å². The molecule has 0 aliphatic heterocycles. The average molecular weight is 291 g/mol. The second-order valence-electron chi connectivity index (χ2n) is 5.36. The highest BCUT2D eigenvalue weighted by molar-refractivity contribution is 5.77. The van der Waals surface area contributed by atoms with Crippen molar-refractivity contribution in [1.82, 2.24) is 5.32 Å². The highest BCUT2D eigenvalue weighted by atomic mass is 16.5. The summed E-state index contributed by atoms with van der Waals surface area (Å²) in [6, 6.07) is 8.05. The zero-order valence-electron chi connectivity index (χ0n) is 13.6. The van der Waals surface area contributed by atoms with Crippen molar-refractivity contribution < 1.29 is 4.74 Å². The Bertz CT molecular complexity index is 432. The van der Waals surface area contributed by atoms with E-state index in [4.69, 9.17) is 10.5 Å². The van der Waals surface area contributed by atoms with Gasteiger partial charge in [0.2, 0.25) is 0 Å². The van der Waals surface area contributed by atoms with Crippen LogP contribution in [-0.4, -0.2) is 26.2 Å².